The van der Waals surface area contributed by atoms with Crippen LogP contribution in [0, 0.1) is 13.8 Å². The summed E-state index contributed by atoms with van der Waals surface area (Å²) >= 11 is 0. The van der Waals surface area contributed by atoms with Gasteiger partial charge in [-0.25, -0.2) is 0 Å². The van der Waals surface area contributed by atoms with Crippen LogP contribution in [0.4, 0.5) is 0 Å². The van der Waals surface area contributed by atoms with Crippen molar-refractivity contribution in [2.24, 2.45) is 7.05 Å². The molecule has 0 bridgehead atoms. The number of rotatable bonds is 5. The second-order valence-electron chi connectivity index (χ2n) is 5.26. The van der Waals surface area contributed by atoms with Gasteiger partial charge in [0, 0.05) is 37.0 Å². The van der Waals surface area contributed by atoms with Gasteiger partial charge in [-0.15, -0.1) is 0 Å². The minimum Gasteiger partial charge on any atom is -0.496 e. The van der Waals surface area contributed by atoms with Crippen LogP contribution >= 0.6 is 0 Å². The molecule has 0 saturated heterocycles. The Hall–Kier alpha value is -1.81. The standard InChI is InChI=1S/C16H23N3O/c1-11-6-7-15(16(8-11)20-5)13(3)17-9-14-10-19(4)18-12(14)2/h6-8,10,13,17H,9H2,1-5H3. The van der Waals surface area contributed by atoms with E-state index in [4.69, 9.17) is 4.74 Å². The predicted molar refractivity (Wildman–Crippen MR) is 80.9 cm³/mol. The third-order valence-corrected chi connectivity index (χ3v) is 3.57. The van der Waals surface area contributed by atoms with E-state index in [-0.39, 0.29) is 6.04 Å². The van der Waals surface area contributed by atoms with Crippen molar-refractivity contribution < 1.29 is 4.74 Å². The normalized spacial score (nSPS) is 12.4. The van der Waals surface area contributed by atoms with Crippen LogP contribution in [0.3, 0.4) is 0 Å². The number of methoxy groups -OCH3 is 1. The quantitative estimate of drug-likeness (QED) is 0.910. The van der Waals surface area contributed by atoms with E-state index in [1.807, 2.05) is 18.7 Å². The van der Waals surface area contributed by atoms with Gasteiger partial charge < -0.3 is 10.1 Å². The minimum atomic E-state index is 0.227. The summed E-state index contributed by atoms with van der Waals surface area (Å²) in [4.78, 5) is 0. The van der Waals surface area contributed by atoms with Crippen LogP contribution in [0.2, 0.25) is 0 Å². The molecule has 0 spiro atoms. The van der Waals surface area contributed by atoms with E-state index in [1.165, 1.54) is 16.7 Å². The number of benzene rings is 1. The van der Waals surface area contributed by atoms with E-state index in [1.54, 1.807) is 7.11 Å². The van der Waals surface area contributed by atoms with Gasteiger partial charge in [0.2, 0.25) is 0 Å². The van der Waals surface area contributed by atoms with Crippen molar-refractivity contribution in [2.45, 2.75) is 33.4 Å². The molecule has 0 aliphatic rings. The van der Waals surface area contributed by atoms with Crippen LogP contribution in [0.1, 0.15) is 35.3 Å². The van der Waals surface area contributed by atoms with Crippen molar-refractivity contribution in [1.29, 1.82) is 0 Å². The maximum Gasteiger partial charge on any atom is 0.123 e. The topological polar surface area (TPSA) is 39.1 Å². The zero-order valence-electron chi connectivity index (χ0n) is 12.9. The largest absolute Gasteiger partial charge is 0.496 e. The van der Waals surface area contributed by atoms with Gasteiger partial charge in [-0.05, 0) is 32.4 Å². The molecule has 0 radical (unpaired) electrons. The van der Waals surface area contributed by atoms with Crippen molar-refractivity contribution in [3.8, 4) is 5.75 Å². The van der Waals surface area contributed by atoms with Gasteiger partial charge in [0.05, 0.1) is 12.8 Å². The van der Waals surface area contributed by atoms with Crippen LogP contribution in [0.25, 0.3) is 0 Å². The first-order valence-electron chi connectivity index (χ1n) is 6.88. The summed E-state index contributed by atoms with van der Waals surface area (Å²) in [5, 5.41) is 7.89. The molecule has 0 aliphatic carbocycles. The molecule has 1 heterocycles. The molecular formula is C16H23N3O. The van der Waals surface area contributed by atoms with Crippen molar-refractivity contribution in [3.63, 3.8) is 0 Å². The lowest BCUT2D eigenvalue weighted by Crippen LogP contribution is -2.19. The third-order valence-electron chi connectivity index (χ3n) is 3.57. The summed E-state index contributed by atoms with van der Waals surface area (Å²) in [7, 11) is 3.67. The highest BCUT2D eigenvalue weighted by atomic mass is 16.5. The highest BCUT2D eigenvalue weighted by molar-refractivity contribution is 5.39. The Bertz CT molecular complexity index is 589. The van der Waals surface area contributed by atoms with E-state index in [2.05, 4.69) is 48.7 Å². The van der Waals surface area contributed by atoms with Crippen LogP contribution in [-0.2, 0) is 13.6 Å². The number of ether oxygens (including phenoxy) is 1. The van der Waals surface area contributed by atoms with Gasteiger partial charge in [0.15, 0.2) is 0 Å². The number of hydrogen-bond donors (Lipinski definition) is 1. The Kier molecular flexibility index (Phi) is 4.45. The van der Waals surface area contributed by atoms with Crippen molar-refractivity contribution in [3.05, 3.63) is 46.8 Å². The molecule has 2 aromatic rings. The van der Waals surface area contributed by atoms with Crippen LogP contribution in [0.5, 0.6) is 5.75 Å². The highest BCUT2D eigenvalue weighted by Crippen LogP contribution is 2.26. The Morgan fingerprint density at radius 1 is 1.35 bits per heavy atom. The van der Waals surface area contributed by atoms with E-state index in [9.17, 15) is 0 Å². The van der Waals surface area contributed by atoms with Gasteiger partial charge in [0.1, 0.15) is 5.75 Å². The van der Waals surface area contributed by atoms with E-state index < -0.39 is 0 Å². The van der Waals surface area contributed by atoms with Gasteiger partial charge in [-0.1, -0.05) is 12.1 Å². The molecule has 4 heteroatoms. The van der Waals surface area contributed by atoms with Gasteiger partial charge in [0.25, 0.3) is 0 Å². The predicted octanol–water partition coefficient (Wildman–Crippen LogP) is 2.90. The molecule has 1 atom stereocenters. The van der Waals surface area contributed by atoms with E-state index >= 15 is 0 Å². The van der Waals surface area contributed by atoms with Crippen molar-refractivity contribution >= 4 is 0 Å². The summed E-state index contributed by atoms with van der Waals surface area (Å²) in [6, 6.07) is 6.54. The first-order valence-corrected chi connectivity index (χ1v) is 6.88. The molecule has 20 heavy (non-hydrogen) atoms. The molecular weight excluding hydrogens is 250 g/mol. The molecule has 0 amide bonds. The van der Waals surface area contributed by atoms with Crippen LogP contribution in [0.15, 0.2) is 24.4 Å². The maximum absolute atomic E-state index is 5.47. The third kappa shape index (κ3) is 3.20. The summed E-state index contributed by atoms with van der Waals surface area (Å²) in [5.41, 5.74) is 4.69. The Balaban J connectivity index is 2.08. The SMILES string of the molecule is COc1cc(C)ccc1C(C)NCc1cn(C)nc1C. The molecule has 1 aromatic heterocycles. The first kappa shape index (κ1) is 14.6. The minimum absolute atomic E-state index is 0.227. The van der Waals surface area contributed by atoms with Gasteiger partial charge in [-0.2, -0.15) is 5.10 Å². The van der Waals surface area contributed by atoms with E-state index in [0.717, 1.165) is 18.0 Å². The summed E-state index contributed by atoms with van der Waals surface area (Å²) < 4.78 is 7.32. The van der Waals surface area contributed by atoms with Gasteiger partial charge >= 0.3 is 0 Å². The number of aromatic nitrogens is 2. The second-order valence-corrected chi connectivity index (χ2v) is 5.26. The smallest absolute Gasteiger partial charge is 0.123 e. The van der Waals surface area contributed by atoms with Crippen molar-refractivity contribution in [2.75, 3.05) is 7.11 Å². The monoisotopic (exact) mass is 273 g/mol. The molecule has 0 aliphatic heterocycles. The highest BCUT2D eigenvalue weighted by Gasteiger charge is 2.12. The molecule has 0 saturated carbocycles. The second kappa shape index (κ2) is 6.09. The lowest BCUT2D eigenvalue weighted by atomic mass is 10.0. The average Bonchev–Trinajstić information content (AvgIpc) is 2.74. The first-order chi connectivity index (χ1) is 9.51. The summed E-state index contributed by atoms with van der Waals surface area (Å²) in [6.07, 6.45) is 2.06. The molecule has 0 fully saturated rings. The van der Waals surface area contributed by atoms with E-state index in [0.29, 0.717) is 0 Å². The van der Waals surface area contributed by atoms with Gasteiger partial charge in [-0.3, -0.25) is 4.68 Å². The molecule has 4 nitrogen and oxygen atoms in total. The Morgan fingerprint density at radius 3 is 2.70 bits per heavy atom. The Morgan fingerprint density at radius 2 is 2.10 bits per heavy atom. The number of hydrogen-bond acceptors (Lipinski definition) is 3. The summed E-state index contributed by atoms with van der Waals surface area (Å²) in [5.74, 6) is 0.938. The molecule has 108 valence electrons. The fraction of sp³-hybridized carbons (Fsp3) is 0.438. The summed E-state index contributed by atoms with van der Waals surface area (Å²) in [6.45, 7) is 7.06. The zero-order chi connectivity index (χ0) is 14.7. The number of nitrogens with one attached hydrogen (secondary N) is 1. The fourth-order valence-corrected chi connectivity index (χ4v) is 2.37. The molecule has 1 unspecified atom stereocenters. The number of aryl methyl sites for hydroxylation is 3. The molecule has 1 aromatic carbocycles. The lowest BCUT2D eigenvalue weighted by Gasteiger charge is -2.17. The average molecular weight is 273 g/mol. The molecule has 2 rings (SSSR count). The fourth-order valence-electron chi connectivity index (χ4n) is 2.37. The Labute approximate surface area is 120 Å². The van der Waals surface area contributed by atoms with Crippen molar-refractivity contribution in [1.82, 2.24) is 15.1 Å². The van der Waals surface area contributed by atoms with Crippen LogP contribution < -0.4 is 10.1 Å². The lowest BCUT2D eigenvalue weighted by molar-refractivity contribution is 0.401. The maximum atomic E-state index is 5.47. The molecule has 1 N–H and O–H groups in total. The number of nitrogens with zero attached hydrogens (tertiary/aromatic N) is 2. The van der Waals surface area contributed by atoms with Crippen LogP contribution in [-0.4, -0.2) is 16.9 Å². The zero-order valence-corrected chi connectivity index (χ0v) is 12.9.